The third-order valence-electron chi connectivity index (χ3n) is 3.01. The Morgan fingerprint density at radius 2 is 2.20 bits per heavy atom. The van der Waals surface area contributed by atoms with Crippen molar-refractivity contribution in [3.8, 4) is 0 Å². The summed E-state index contributed by atoms with van der Waals surface area (Å²) in [6.07, 6.45) is 0. The number of fused-ring (bicyclic) bond motifs is 1. The molecule has 0 radical (unpaired) electrons. The molecule has 1 saturated heterocycles. The number of nitrogens with zero attached hydrogens (tertiary/aromatic N) is 2. The van der Waals surface area contributed by atoms with Crippen LogP contribution in [0, 0.1) is 24.7 Å². The van der Waals surface area contributed by atoms with E-state index in [1.54, 1.807) is 6.92 Å². The number of ether oxygens (including phenoxy) is 1. The molecule has 1 aliphatic carbocycles. The van der Waals surface area contributed by atoms with E-state index < -0.39 is 0 Å². The predicted octanol–water partition coefficient (Wildman–Crippen LogP) is 0.209. The van der Waals surface area contributed by atoms with Crippen LogP contribution in [0.4, 0.5) is 6.01 Å². The van der Waals surface area contributed by atoms with E-state index in [2.05, 4.69) is 15.5 Å². The topological polar surface area (TPSA) is 77.2 Å². The Hall–Kier alpha value is -1.43. The summed E-state index contributed by atoms with van der Waals surface area (Å²) >= 11 is 0. The summed E-state index contributed by atoms with van der Waals surface area (Å²) in [4.78, 5) is 15.6. The van der Waals surface area contributed by atoms with E-state index in [1.807, 2.05) is 0 Å². The molecule has 1 unspecified atom stereocenters. The Bertz CT molecular complexity index is 393. The number of aromatic nitrogens is 2. The van der Waals surface area contributed by atoms with Gasteiger partial charge in [-0.3, -0.25) is 10.1 Å². The summed E-state index contributed by atoms with van der Waals surface area (Å²) in [6.45, 7) is 3.11. The lowest BCUT2D eigenvalue weighted by atomic mass is 10.3. The summed E-state index contributed by atoms with van der Waals surface area (Å²) in [5, 5.41) is 6.21. The largest absolute Gasteiger partial charge is 0.381 e. The van der Waals surface area contributed by atoms with Gasteiger partial charge in [0.1, 0.15) is 0 Å². The third kappa shape index (κ3) is 1.41. The Kier molecular flexibility index (Phi) is 1.79. The summed E-state index contributed by atoms with van der Waals surface area (Å²) < 4.78 is 10.0. The number of carbonyl (C=O) groups excluding carboxylic acids is 1. The van der Waals surface area contributed by atoms with Crippen LogP contribution >= 0.6 is 0 Å². The minimum atomic E-state index is -0.0306. The van der Waals surface area contributed by atoms with Crippen LogP contribution in [0.3, 0.4) is 0 Å². The Balaban J connectivity index is 1.63. The number of carbonyl (C=O) groups is 1. The van der Waals surface area contributed by atoms with Gasteiger partial charge in [0.25, 0.3) is 0 Å². The lowest BCUT2D eigenvalue weighted by molar-refractivity contribution is -0.118. The number of aryl methyl sites for hydroxylation is 1. The van der Waals surface area contributed by atoms with Gasteiger partial charge in [0.05, 0.1) is 13.2 Å². The minimum Gasteiger partial charge on any atom is -0.381 e. The van der Waals surface area contributed by atoms with E-state index in [-0.39, 0.29) is 17.8 Å². The number of rotatable bonds is 2. The highest BCUT2D eigenvalue weighted by molar-refractivity contribution is 5.93. The van der Waals surface area contributed by atoms with Crippen molar-refractivity contribution < 1.29 is 14.1 Å². The van der Waals surface area contributed by atoms with E-state index in [0.29, 0.717) is 30.9 Å². The molecule has 6 nitrogen and oxygen atoms in total. The monoisotopic (exact) mass is 209 g/mol. The van der Waals surface area contributed by atoms with Gasteiger partial charge in [-0.25, -0.2) is 0 Å². The van der Waals surface area contributed by atoms with Gasteiger partial charge in [-0.05, 0) is 18.8 Å². The lowest BCUT2D eigenvalue weighted by Crippen LogP contribution is -2.18. The van der Waals surface area contributed by atoms with Crippen molar-refractivity contribution in [1.82, 2.24) is 10.1 Å². The molecule has 2 fully saturated rings. The maximum atomic E-state index is 11.7. The smallest absolute Gasteiger partial charge is 0.328 e. The second-order valence-corrected chi connectivity index (χ2v) is 4.03. The van der Waals surface area contributed by atoms with Crippen molar-refractivity contribution in [3.63, 3.8) is 0 Å². The SMILES string of the molecule is Cc1noc(NC(=O)C2[C@H]3COC[C@@H]23)n1. The average molecular weight is 209 g/mol. The van der Waals surface area contributed by atoms with Gasteiger partial charge in [-0.2, -0.15) is 4.98 Å². The molecular weight excluding hydrogens is 198 g/mol. The highest BCUT2D eigenvalue weighted by Crippen LogP contribution is 2.51. The van der Waals surface area contributed by atoms with Crippen LogP contribution in [-0.2, 0) is 9.53 Å². The second-order valence-electron chi connectivity index (χ2n) is 4.03. The first-order valence-electron chi connectivity index (χ1n) is 4.94. The van der Waals surface area contributed by atoms with Gasteiger partial charge in [0, 0.05) is 5.92 Å². The maximum absolute atomic E-state index is 11.7. The molecule has 2 heterocycles. The van der Waals surface area contributed by atoms with Crippen LogP contribution in [0.2, 0.25) is 0 Å². The quantitative estimate of drug-likeness (QED) is 0.753. The van der Waals surface area contributed by atoms with Crippen LogP contribution in [0.15, 0.2) is 4.52 Å². The zero-order valence-corrected chi connectivity index (χ0v) is 8.27. The molecule has 1 N–H and O–H groups in total. The maximum Gasteiger partial charge on any atom is 0.328 e. The van der Waals surface area contributed by atoms with Gasteiger partial charge >= 0.3 is 6.01 Å². The van der Waals surface area contributed by atoms with Crippen LogP contribution < -0.4 is 5.32 Å². The van der Waals surface area contributed by atoms with Crippen LogP contribution in [-0.4, -0.2) is 29.3 Å². The van der Waals surface area contributed by atoms with Crippen LogP contribution in [0.25, 0.3) is 0 Å². The summed E-state index contributed by atoms with van der Waals surface area (Å²) in [6, 6.07) is 0.184. The number of anilines is 1. The summed E-state index contributed by atoms with van der Waals surface area (Å²) in [5.41, 5.74) is 0. The summed E-state index contributed by atoms with van der Waals surface area (Å²) in [7, 11) is 0. The predicted molar refractivity (Wildman–Crippen MR) is 49.0 cm³/mol. The molecule has 1 aromatic rings. The Morgan fingerprint density at radius 1 is 1.47 bits per heavy atom. The van der Waals surface area contributed by atoms with Crippen LogP contribution in [0.1, 0.15) is 5.82 Å². The Labute approximate surface area is 86.0 Å². The molecule has 6 heteroatoms. The van der Waals surface area contributed by atoms with Crippen molar-refractivity contribution in [2.75, 3.05) is 18.5 Å². The van der Waals surface area contributed by atoms with E-state index in [9.17, 15) is 4.79 Å². The summed E-state index contributed by atoms with van der Waals surface area (Å²) in [5.74, 6) is 1.36. The van der Waals surface area contributed by atoms with Gasteiger partial charge in [0.2, 0.25) is 5.91 Å². The van der Waals surface area contributed by atoms with Crippen molar-refractivity contribution in [1.29, 1.82) is 0 Å². The molecule has 1 saturated carbocycles. The third-order valence-corrected chi connectivity index (χ3v) is 3.01. The zero-order valence-electron chi connectivity index (χ0n) is 8.27. The second kappa shape index (κ2) is 3.03. The first-order chi connectivity index (χ1) is 7.25. The number of nitrogens with one attached hydrogen (secondary N) is 1. The molecule has 1 amide bonds. The fourth-order valence-electron chi connectivity index (χ4n) is 2.17. The first kappa shape index (κ1) is 8.84. The van der Waals surface area contributed by atoms with Crippen molar-refractivity contribution >= 4 is 11.9 Å². The van der Waals surface area contributed by atoms with Crippen molar-refractivity contribution in [2.24, 2.45) is 17.8 Å². The molecule has 2 aliphatic rings. The molecule has 0 bridgehead atoms. The fraction of sp³-hybridized carbons (Fsp3) is 0.667. The molecule has 0 spiro atoms. The molecule has 3 rings (SSSR count). The molecule has 1 aliphatic heterocycles. The van der Waals surface area contributed by atoms with E-state index in [1.165, 1.54) is 0 Å². The molecule has 0 aromatic carbocycles. The lowest BCUT2D eigenvalue weighted by Gasteiger charge is -2.02. The van der Waals surface area contributed by atoms with Gasteiger partial charge in [-0.1, -0.05) is 5.16 Å². The molecule has 80 valence electrons. The van der Waals surface area contributed by atoms with Gasteiger partial charge in [0.15, 0.2) is 5.82 Å². The number of hydrogen-bond acceptors (Lipinski definition) is 5. The molecular formula is C9H11N3O3. The normalized spacial score (nSPS) is 32.5. The van der Waals surface area contributed by atoms with Crippen molar-refractivity contribution in [2.45, 2.75) is 6.92 Å². The van der Waals surface area contributed by atoms with E-state index >= 15 is 0 Å². The highest BCUT2D eigenvalue weighted by atomic mass is 16.5. The number of hydrogen-bond donors (Lipinski definition) is 1. The van der Waals surface area contributed by atoms with E-state index in [4.69, 9.17) is 9.26 Å². The Morgan fingerprint density at radius 3 is 2.80 bits per heavy atom. The van der Waals surface area contributed by atoms with Gasteiger partial charge < -0.3 is 9.26 Å². The average Bonchev–Trinajstić information content (AvgIpc) is 2.60. The molecule has 3 atom stereocenters. The molecule has 1 aromatic heterocycles. The standard InChI is InChI=1S/C9H11N3O3/c1-4-10-9(15-12-4)11-8(13)7-5-2-14-3-6(5)7/h5-7H,2-3H2,1H3,(H,10,11,12,13)/t5-,6+,7?. The highest BCUT2D eigenvalue weighted by Gasteiger charge is 2.58. The zero-order chi connectivity index (χ0) is 10.4. The van der Waals surface area contributed by atoms with Crippen molar-refractivity contribution in [3.05, 3.63) is 5.82 Å². The van der Waals surface area contributed by atoms with Crippen LogP contribution in [0.5, 0.6) is 0 Å². The van der Waals surface area contributed by atoms with E-state index in [0.717, 1.165) is 0 Å². The molecule has 15 heavy (non-hydrogen) atoms. The fourth-order valence-corrected chi connectivity index (χ4v) is 2.17. The first-order valence-corrected chi connectivity index (χ1v) is 4.94. The minimum absolute atomic E-state index is 0.0306. The number of amides is 1. The van der Waals surface area contributed by atoms with Gasteiger partial charge in [-0.15, -0.1) is 0 Å².